The van der Waals surface area contributed by atoms with Crippen LogP contribution in [0.1, 0.15) is 43.0 Å². The second-order valence-electron chi connectivity index (χ2n) is 8.25. The van der Waals surface area contributed by atoms with Crippen molar-refractivity contribution in [2.75, 3.05) is 19.7 Å². The number of halogens is 3. The van der Waals surface area contributed by atoms with E-state index < -0.39 is 29.0 Å². The van der Waals surface area contributed by atoms with Crippen LogP contribution in [0.15, 0.2) is 36.7 Å². The number of alkyl halides is 3. The minimum Gasteiger partial charge on any atom is -0.476 e. The molecule has 3 rings (SSSR count). The van der Waals surface area contributed by atoms with E-state index in [0.29, 0.717) is 19.5 Å². The largest absolute Gasteiger partial charge is 0.476 e. The molecular formula is C22H26F3N3O3. The Bertz CT molecular complexity index is 918. The molecule has 3 heterocycles. The monoisotopic (exact) mass is 437 g/mol. The van der Waals surface area contributed by atoms with Gasteiger partial charge in [0.05, 0.1) is 5.41 Å². The van der Waals surface area contributed by atoms with Crippen LogP contribution in [0.4, 0.5) is 13.2 Å². The van der Waals surface area contributed by atoms with Crippen molar-refractivity contribution < 1.29 is 27.4 Å². The lowest BCUT2D eigenvalue weighted by molar-refractivity contribution is -0.163. The SMILES string of the molecule is Cc1ncccc1C1CNCCC1OC(=O)C(C)(C)COc1ncccc1C(F)(F)F. The number of hydrogen-bond acceptors (Lipinski definition) is 6. The molecular weight excluding hydrogens is 411 g/mol. The highest BCUT2D eigenvalue weighted by Crippen LogP contribution is 2.36. The third-order valence-corrected chi connectivity index (χ3v) is 5.32. The highest BCUT2D eigenvalue weighted by Gasteiger charge is 2.39. The summed E-state index contributed by atoms with van der Waals surface area (Å²) in [6.07, 6.45) is -1.41. The van der Waals surface area contributed by atoms with Crippen LogP contribution in [0.2, 0.25) is 0 Å². The lowest BCUT2D eigenvalue weighted by Gasteiger charge is -2.35. The summed E-state index contributed by atoms with van der Waals surface area (Å²) in [5, 5.41) is 3.31. The summed E-state index contributed by atoms with van der Waals surface area (Å²) in [5.74, 6) is -1.15. The zero-order valence-corrected chi connectivity index (χ0v) is 17.7. The third kappa shape index (κ3) is 5.52. The first-order valence-corrected chi connectivity index (χ1v) is 10.1. The van der Waals surface area contributed by atoms with Gasteiger partial charge in [-0.2, -0.15) is 13.2 Å². The average Bonchev–Trinajstić information content (AvgIpc) is 2.73. The number of piperidine rings is 1. The van der Waals surface area contributed by atoms with Crippen LogP contribution in [0.3, 0.4) is 0 Å². The number of aryl methyl sites for hydroxylation is 1. The lowest BCUT2D eigenvalue weighted by atomic mass is 9.87. The maximum absolute atomic E-state index is 13.2. The van der Waals surface area contributed by atoms with E-state index >= 15 is 0 Å². The normalized spacial score (nSPS) is 19.7. The van der Waals surface area contributed by atoms with Crippen LogP contribution in [0, 0.1) is 12.3 Å². The molecule has 6 nitrogen and oxygen atoms in total. The molecule has 1 N–H and O–H groups in total. The fraction of sp³-hybridized carbons (Fsp3) is 0.500. The van der Waals surface area contributed by atoms with Crippen molar-refractivity contribution in [3.8, 4) is 5.88 Å². The summed E-state index contributed by atoms with van der Waals surface area (Å²) in [5.41, 5.74) is -0.274. The van der Waals surface area contributed by atoms with Crippen LogP contribution in [0.5, 0.6) is 5.88 Å². The zero-order chi connectivity index (χ0) is 22.6. The summed E-state index contributed by atoms with van der Waals surface area (Å²) in [6.45, 7) is 6.12. The molecule has 2 unspecified atom stereocenters. The number of carbonyl (C=O) groups excluding carboxylic acids is 1. The number of esters is 1. The molecule has 0 amide bonds. The zero-order valence-electron chi connectivity index (χ0n) is 17.7. The van der Waals surface area contributed by atoms with Gasteiger partial charge >= 0.3 is 12.1 Å². The molecule has 0 spiro atoms. The molecule has 0 aliphatic carbocycles. The lowest BCUT2D eigenvalue weighted by Crippen LogP contribution is -2.44. The fourth-order valence-corrected chi connectivity index (χ4v) is 3.50. The molecule has 168 valence electrons. The molecule has 2 atom stereocenters. The van der Waals surface area contributed by atoms with Gasteiger partial charge in [0.15, 0.2) is 0 Å². The molecule has 0 aromatic carbocycles. The van der Waals surface area contributed by atoms with E-state index in [2.05, 4.69) is 15.3 Å². The van der Waals surface area contributed by atoms with Crippen molar-refractivity contribution in [2.24, 2.45) is 5.41 Å². The van der Waals surface area contributed by atoms with Gasteiger partial charge in [-0.1, -0.05) is 6.07 Å². The first kappa shape index (κ1) is 23.0. The van der Waals surface area contributed by atoms with E-state index in [0.717, 1.165) is 17.3 Å². The fourth-order valence-electron chi connectivity index (χ4n) is 3.50. The molecule has 2 aromatic heterocycles. The van der Waals surface area contributed by atoms with Crippen molar-refractivity contribution in [1.29, 1.82) is 0 Å². The molecule has 1 fully saturated rings. The number of nitrogens with one attached hydrogen (secondary N) is 1. The van der Waals surface area contributed by atoms with Gasteiger partial charge in [-0.25, -0.2) is 4.98 Å². The standard InChI is InChI=1S/C22H26F3N3O3/c1-14-15(6-4-9-27-14)16-12-26-11-8-18(16)31-20(29)21(2,3)13-30-19-17(22(23,24)25)7-5-10-28-19/h4-7,9-10,16,18,26H,8,11-13H2,1-3H3. The minimum absolute atomic E-state index is 0.0595. The van der Waals surface area contributed by atoms with Crippen molar-refractivity contribution in [3.05, 3.63) is 53.5 Å². The molecule has 9 heteroatoms. The Balaban J connectivity index is 1.69. The highest BCUT2D eigenvalue weighted by molar-refractivity contribution is 5.76. The molecule has 1 aliphatic rings. The Morgan fingerprint density at radius 1 is 1.19 bits per heavy atom. The van der Waals surface area contributed by atoms with E-state index in [-0.39, 0.29) is 18.6 Å². The first-order valence-electron chi connectivity index (χ1n) is 10.1. The maximum atomic E-state index is 13.2. The van der Waals surface area contributed by atoms with Crippen LogP contribution in [-0.4, -0.2) is 41.7 Å². The second kappa shape index (κ2) is 9.21. The summed E-state index contributed by atoms with van der Waals surface area (Å²) in [7, 11) is 0. The molecule has 0 bridgehead atoms. The van der Waals surface area contributed by atoms with E-state index in [1.165, 1.54) is 12.3 Å². The smallest absolute Gasteiger partial charge is 0.421 e. The third-order valence-electron chi connectivity index (χ3n) is 5.32. The number of ether oxygens (including phenoxy) is 2. The van der Waals surface area contributed by atoms with Crippen LogP contribution in [0.25, 0.3) is 0 Å². The van der Waals surface area contributed by atoms with E-state index in [9.17, 15) is 18.0 Å². The topological polar surface area (TPSA) is 73.3 Å². The molecule has 31 heavy (non-hydrogen) atoms. The number of nitrogens with zero attached hydrogens (tertiary/aromatic N) is 2. The predicted octanol–water partition coefficient (Wildman–Crippen LogP) is 3.90. The van der Waals surface area contributed by atoms with Gasteiger partial charge in [-0.05, 0) is 57.5 Å². The van der Waals surface area contributed by atoms with Crippen molar-refractivity contribution in [3.63, 3.8) is 0 Å². The Labute approximate surface area is 179 Å². The summed E-state index contributed by atoms with van der Waals surface area (Å²) in [6, 6.07) is 5.89. The van der Waals surface area contributed by atoms with Crippen molar-refractivity contribution >= 4 is 5.97 Å². The van der Waals surface area contributed by atoms with Crippen LogP contribution < -0.4 is 10.1 Å². The van der Waals surface area contributed by atoms with E-state index in [4.69, 9.17) is 9.47 Å². The number of aromatic nitrogens is 2. The van der Waals surface area contributed by atoms with Gasteiger partial charge in [0, 0.05) is 30.6 Å². The van der Waals surface area contributed by atoms with Gasteiger partial charge in [0.2, 0.25) is 5.88 Å². The first-order chi connectivity index (χ1) is 14.6. The highest BCUT2D eigenvalue weighted by atomic mass is 19.4. The molecule has 1 saturated heterocycles. The Morgan fingerprint density at radius 2 is 1.90 bits per heavy atom. The van der Waals surface area contributed by atoms with E-state index in [1.54, 1.807) is 20.0 Å². The molecule has 0 saturated carbocycles. The van der Waals surface area contributed by atoms with Gasteiger partial charge < -0.3 is 14.8 Å². The molecule has 1 aliphatic heterocycles. The second-order valence-corrected chi connectivity index (χ2v) is 8.25. The number of rotatable bonds is 6. The average molecular weight is 437 g/mol. The van der Waals surface area contributed by atoms with Crippen molar-refractivity contribution in [2.45, 2.75) is 45.4 Å². The summed E-state index contributed by atoms with van der Waals surface area (Å²) >= 11 is 0. The van der Waals surface area contributed by atoms with Gasteiger partial charge in [-0.15, -0.1) is 0 Å². The minimum atomic E-state index is -4.60. The van der Waals surface area contributed by atoms with Gasteiger partial charge in [0.1, 0.15) is 18.3 Å². The summed E-state index contributed by atoms with van der Waals surface area (Å²) < 4.78 is 50.6. The quantitative estimate of drug-likeness (QED) is 0.691. The number of pyridine rings is 2. The van der Waals surface area contributed by atoms with Gasteiger partial charge in [0.25, 0.3) is 0 Å². The molecule has 2 aromatic rings. The Morgan fingerprint density at radius 3 is 2.61 bits per heavy atom. The van der Waals surface area contributed by atoms with Crippen LogP contribution >= 0.6 is 0 Å². The Hall–Kier alpha value is -2.68. The number of hydrogen-bond donors (Lipinski definition) is 1. The van der Waals surface area contributed by atoms with E-state index in [1.807, 2.05) is 19.1 Å². The van der Waals surface area contributed by atoms with Crippen LogP contribution in [-0.2, 0) is 15.7 Å². The Kier molecular flexibility index (Phi) is 6.83. The summed E-state index contributed by atoms with van der Waals surface area (Å²) in [4.78, 5) is 20.9. The maximum Gasteiger partial charge on any atom is 0.421 e. The predicted molar refractivity (Wildman–Crippen MR) is 108 cm³/mol. The molecule has 0 radical (unpaired) electrons. The number of carbonyl (C=O) groups is 1. The van der Waals surface area contributed by atoms with Crippen molar-refractivity contribution in [1.82, 2.24) is 15.3 Å². The van der Waals surface area contributed by atoms with Gasteiger partial charge in [-0.3, -0.25) is 9.78 Å².